The third kappa shape index (κ3) is 1.90. The number of fused-ring (bicyclic) bond motifs is 1. The number of hydrogen-bond donors (Lipinski definition) is 2. The van der Waals surface area contributed by atoms with Crippen LogP contribution in [0.15, 0.2) is 35.3 Å². The first-order valence-corrected chi connectivity index (χ1v) is 6.39. The average molecular weight is 272 g/mol. The molecule has 5 nitrogen and oxygen atoms in total. The highest BCUT2D eigenvalue weighted by molar-refractivity contribution is 7.71. The second kappa shape index (κ2) is 4.47. The van der Waals surface area contributed by atoms with E-state index in [0.717, 1.165) is 12.1 Å². The highest BCUT2D eigenvalue weighted by Gasteiger charge is 2.08. The van der Waals surface area contributed by atoms with Crippen molar-refractivity contribution in [3.63, 3.8) is 0 Å². The molecule has 0 saturated carbocycles. The molecule has 6 heteroatoms. The number of H-pyrrole nitrogens is 2. The van der Waals surface area contributed by atoms with Crippen LogP contribution < -0.4 is 5.56 Å². The standard InChI is InChI=1S/C13H12N4OS/c1-2-8-3-5-9(6-4-8)17-12(18)10-7-14-16-11(10)15-13(17)19/h3-7H,2H2,1H3,(H2,14,15,16,19). The van der Waals surface area contributed by atoms with Gasteiger partial charge < -0.3 is 4.98 Å². The van der Waals surface area contributed by atoms with Crippen molar-refractivity contribution in [1.82, 2.24) is 19.7 Å². The van der Waals surface area contributed by atoms with E-state index in [2.05, 4.69) is 22.1 Å². The van der Waals surface area contributed by atoms with Gasteiger partial charge in [-0.05, 0) is 36.3 Å². The molecule has 3 aromatic rings. The van der Waals surface area contributed by atoms with Crippen LogP contribution in [0.2, 0.25) is 0 Å². The quantitative estimate of drug-likeness (QED) is 0.704. The summed E-state index contributed by atoms with van der Waals surface area (Å²) in [7, 11) is 0. The molecule has 0 fully saturated rings. The molecule has 19 heavy (non-hydrogen) atoms. The minimum absolute atomic E-state index is 0.170. The van der Waals surface area contributed by atoms with E-state index < -0.39 is 0 Å². The van der Waals surface area contributed by atoms with E-state index in [9.17, 15) is 4.79 Å². The summed E-state index contributed by atoms with van der Waals surface area (Å²) in [5.74, 6) is 0. The minimum atomic E-state index is -0.170. The van der Waals surface area contributed by atoms with Crippen molar-refractivity contribution >= 4 is 23.3 Å². The lowest BCUT2D eigenvalue weighted by molar-refractivity contribution is 0.933. The summed E-state index contributed by atoms with van der Waals surface area (Å²) < 4.78 is 1.83. The Morgan fingerprint density at radius 1 is 1.32 bits per heavy atom. The molecule has 0 atom stereocenters. The summed E-state index contributed by atoms with van der Waals surface area (Å²) in [4.78, 5) is 15.3. The monoisotopic (exact) mass is 272 g/mol. The van der Waals surface area contributed by atoms with E-state index in [-0.39, 0.29) is 5.56 Å². The summed E-state index contributed by atoms with van der Waals surface area (Å²) >= 11 is 5.24. The Kier molecular flexibility index (Phi) is 2.79. The van der Waals surface area contributed by atoms with Crippen molar-refractivity contribution in [2.75, 3.05) is 0 Å². The van der Waals surface area contributed by atoms with Crippen molar-refractivity contribution in [3.8, 4) is 5.69 Å². The second-order valence-electron chi connectivity index (χ2n) is 4.25. The number of hydrogen-bond acceptors (Lipinski definition) is 3. The molecule has 0 aliphatic rings. The van der Waals surface area contributed by atoms with Gasteiger partial charge in [0.2, 0.25) is 0 Å². The van der Waals surface area contributed by atoms with Gasteiger partial charge in [-0.15, -0.1) is 0 Å². The summed E-state index contributed by atoms with van der Waals surface area (Å²) in [5, 5.41) is 7.06. The SMILES string of the molecule is CCc1ccc(-n2c(=S)[nH]c3[nH]ncc3c2=O)cc1. The maximum absolute atomic E-state index is 12.4. The van der Waals surface area contributed by atoms with E-state index in [1.807, 2.05) is 24.3 Å². The normalized spacial score (nSPS) is 11.0. The van der Waals surface area contributed by atoms with Crippen molar-refractivity contribution in [1.29, 1.82) is 0 Å². The number of aromatic nitrogens is 4. The molecule has 0 bridgehead atoms. The molecule has 0 saturated heterocycles. The van der Waals surface area contributed by atoms with E-state index in [1.54, 1.807) is 0 Å². The first kappa shape index (κ1) is 11.9. The van der Waals surface area contributed by atoms with Crippen LogP contribution in [0.4, 0.5) is 0 Å². The molecule has 0 amide bonds. The summed E-state index contributed by atoms with van der Waals surface area (Å²) in [5.41, 5.74) is 2.36. The highest BCUT2D eigenvalue weighted by Crippen LogP contribution is 2.10. The fraction of sp³-hybridized carbons (Fsp3) is 0.154. The largest absolute Gasteiger partial charge is 0.316 e. The Bertz CT molecular complexity index is 841. The van der Waals surface area contributed by atoms with Gasteiger partial charge in [0.05, 0.1) is 11.9 Å². The molecule has 0 aliphatic heterocycles. The number of aryl methyl sites for hydroxylation is 1. The molecular formula is C13H12N4OS. The zero-order valence-electron chi connectivity index (χ0n) is 10.3. The van der Waals surface area contributed by atoms with Crippen LogP contribution in [0, 0.1) is 4.77 Å². The Morgan fingerprint density at radius 3 is 2.74 bits per heavy atom. The predicted molar refractivity (Wildman–Crippen MR) is 76.3 cm³/mol. The molecule has 1 aromatic carbocycles. The van der Waals surface area contributed by atoms with Gasteiger partial charge in [0, 0.05) is 0 Å². The van der Waals surface area contributed by atoms with Crippen LogP contribution in [-0.4, -0.2) is 19.7 Å². The fourth-order valence-electron chi connectivity index (χ4n) is 2.03. The smallest absolute Gasteiger partial charge is 0.270 e. The van der Waals surface area contributed by atoms with Gasteiger partial charge in [0.1, 0.15) is 11.0 Å². The lowest BCUT2D eigenvalue weighted by atomic mass is 10.1. The third-order valence-corrected chi connectivity index (χ3v) is 3.40. The van der Waals surface area contributed by atoms with Crippen LogP contribution in [0.25, 0.3) is 16.7 Å². The third-order valence-electron chi connectivity index (χ3n) is 3.11. The Labute approximate surface area is 113 Å². The van der Waals surface area contributed by atoms with E-state index in [1.165, 1.54) is 16.3 Å². The van der Waals surface area contributed by atoms with Crippen molar-refractivity contribution in [3.05, 3.63) is 51.2 Å². The molecule has 0 spiro atoms. The molecule has 2 aromatic heterocycles. The van der Waals surface area contributed by atoms with Crippen LogP contribution in [0.1, 0.15) is 12.5 Å². The van der Waals surface area contributed by atoms with Crippen molar-refractivity contribution in [2.45, 2.75) is 13.3 Å². The molecule has 0 aliphatic carbocycles. The van der Waals surface area contributed by atoms with Gasteiger partial charge in [-0.1, -0.05) is 19.1 Å². The maximum atomic E-state index is 12.4. The van der Waals surface area contributed by atoms with Gasteiger partial charge in [0.25, 0.3) is 5.56 Å². The van der Waals surface area contributed by atoms with Crippen LogP contribution in [0.5, 0.6) is 0 Å². The lowest BCUT2D eigenvalue weighted by Gasteiger charge is -2.06. The molecule has 0 unspecified atom stereocenters. The predicted octanol–water partition coefficient (Wildman–Crippen LogP) is 2.33. The highest BCUT2D eigenvalue weighted by atomic mass is 32.1. The summed E-state index contributed by atoms with van der Waals surface area (Å²) in [6.07, 6.45) is 2.46. The molecule has 3 rings (SSSR count). The lowest BCUT2D eigenvalue weighted by Crippen LogP contribution is -2.19. The molecule has 96 valence electrons. The summed E-state index contributed by atoms with van der Waals surface area (Å²) in [6.45, 7) is 2.09. The average Bonchev–Trinajstić information content (AvgIpc) is 2.88. The molecule has 2 N–H and O–H groups in total. The van der Waals surface area contributed by atoms with Crippen molar-refractivity contribution in [2.24, 2.45) is 0 Å². The molecular weight excluding hydrogens is 260 g/mol. The number of rotatable bonds is 2. The van der Waals surface area contributed by atoms with Gasteiger partial charge in [-0.25, -0.2) is 0 Å². The van der Waals surface area contributed by atoms with E-state index >= 15 is 0 Å². The van der Waals surface area contributed by atoms with Crippen LogP contribution in [-0.2, 0) is 6.42 Å². The number of aromatic amines is 2. The maximum Gasteiger partial charge on any atom is 0.270 e. The second-order valence-corrected chi connectivity index (χ2v) is 4.64. The van der Waals surface area contributed by atoms with Crippen molar-refractivity contribution < 1.29 is 0 Å². The number of benzene rings is 1. The van der Waals surface area contributed by atoms with Crippen LogP contribution >= 0.6 is 12.2 Å². The zero-order valence-corrected chi connectivity index (χ0v) is 11.1. The molecule has 2 heterocycles. The zero-order chi connectivity index (χ0) is 13.4. The topological polar surface area (TPSA) is 66.5 Å². The molecule has 0 radical (unpaired) electrons. The van der Waals surface area contributed by atoms with E-state index in [0.29, 0.717) is 15.8 Å². The van der Waals surface area contributed by atoms with Gasteiger partial charge in [-0.2, -0.15) is 5.10 Å². The Hall–Kier alpha value is -2.21. The van der Waals surface area contributed by atoms with Gasteiger partial charge >= 0.3 is 0 Å². The van der Waals surface area contributed by atoms with E-state index in [4.69, 9.17) is 12.2 Å². The summed E-state index contributed by atoms with van der Waals surface area (Å²) in [6, 6.07) is 7.79. The van der Waals surface area contributed by atoms with Gasteiger partial charge in [-0.3, -0.25) is 14.5 Å². The Balaban J connectivity index is 2.29. The number of nitrogens with zero attached hydrogens (tertiary/aromatic N) is 2. The minimum Gasteiger partial charge on any atom is -0.316 e. The number of nitrogens with one attached hydrogen (secondary N) is 2. The van der Waals surface area contributed by atoms with Crippen LogP contribution in [0.3, 0.4) is 0 Å². The van der Waals surface area contributed by atoms with Gasteiger partial charge in [0.15, 0.2) is 4.77 Å². The first-order chi connectivity index (χ1) is 9.20. The fourth-order valence-corrected chi connectivity index (χ4v) is 2.32. The first-order valence-electron chi connectivity index (χ1n) is 5.98. The Morgan fingerprint density at radius 2 is 2.05 bits per heavy atom.